The van der Waals surface area contributed by atoms with Crippen LogP contribution in [-0.4, -0.2) is 28.4 Å². The topological polar surface area (TPSA) is 92.7 Å². The number of aromatic nitrogens is 4. The van der Waals surface area contributed by atoms with E-state index in [2.05, 4.69) is 20.0 Å². The summed E-state index contributed by atoms with van der Waals surface area (Å²) in [6.45, 7) is 3.72. The van der Waals surface area contributed by atoms with Crippen LogP contribution >= 0.6 is 0 Å². The van der Waals surface area contributed by atoms with Crippen LogP contribution in [0.3, 0.4) is 0 Å². The Morgan fingerprint density at radius 1 is 1.44 bits per heavy atom. The van der Waals surface area contributed by atoms with Gasteiger partial charge < -0.3 is 0 Å². The summed E-state index contributed by atoms with van der Waals surface area (Å²) < 4.78 is 28.2. The molecule has 18 heavy (non-hydrogen) atoms. The molecule has 2 aromatic heterocycles. The van der Waals surface area contributed by atoms with Gasteiger partial charge >= 0.3 is 0 Å². The van der Waals surface area contributed by atoms with Crippen LogP contribution in [0.25, 0.3) is 0 Å². The quantitative estimate of drug-likeness (QED) is 0.831. The van der Waals surface area contributed by atoms with E-state index in [0.29, 0.717) is 5.69 Å². The van der Waals surface area contributed by atoms with Gasteiger partial charge in [0.1, 0.15) is 4.90 Å². The summed E-state index contributed by atoms with van der Waals surface area (Å²) in [6.07, 6.45) is 3.09. The van der Waals surface area contributed by atoms with E-state index in [1.807, 2.05) is 6.92 Å². The van der Waals surface area contributed by atoms with Gasteiger partial charge in [0.2, 0.25) is 10.0 Å². The Labute approximate surface area is 105 Å². The zero-order chi connectivity index (χ0) is 13.3. The summed E-state index contributed by atoms with van der Waals surface area (Å²) in [4.78, 5) is 0.170. The third-order valence-corrected chi connectivity index (χ3v) is 4.16. The molecule has 0 saturated heterocycles. The molecule has 0 aliphatic heterocycles. The Morgan fingerprint density at radius 3 is 2.67 bits per heavy atom. The molecule has 2 N–H and O–H groups in total. The highest BCUT2D eigenvalue weighted by Crippen LogP contribution is 2.12. The molecule has 0 aromatic carbocycles. The van der Waals surface area contributed by atoms with Crippen LogP contribution in [0.1, 0.15) is 17.0 Å². The van der Waals surface area contributed by atoms with E-state index in [-0.39, 0.29) is 11.4 Å². The lowest BCUT2D eigenvalue weighted by Gasteiger charge is -2.04. The second-order valence-electron chi connectivity index (χ2n) is 4.10. The first kappa shape index (κ1) is 12.8. The number of H-pyrrole nitrogens is 1. The third kappa shape index (κ3) is 2.44. The largest absolute Gasteiger partial charge is 0.281 e. The first-order valence-corrected chi connectivity index (χ1v) is 6.87. The van der Waals surface area contributed by atoms with Crippen molar-refractivity contribution in [3.63, 3.8) is 0 Å². The van der Waals surface area contributed by atoms with Gasteiger partial charge in [0.25, 0.3) is 0 Å². The lowest BCUT2D eigenvalue weighted by Crippen LogP contribution is -2.23. The number of hydrogen-bond donors (Lipinski definition) is 2. The minimum Gasteiger partial charge on any atom is -0.281 e. The molecule has 0 fully saturated rings. The highest BCUT2D eigenvalue weighted by molar-refractivity contribution is 7.89. The van der Waals surface area contributed by atoms with Crippen molar-refractivity contribution in [3.8, 4) is 0 Å². The van der Waals surface area contributed by atoms with Crippen LogP contribution in [0.2, 0.25) is 0 Å². The van der Waals surface area contributed by atoms with E-state index in [1.54, 1.807) is 24.9 Å². The fraction of sp³-hybridized carbons (Fsp3) is 0.400. The minimum atomic E-state index is -3.53. The van der Waals surface area contributed by atoms with Crippen LogP contribution in [0.5, 0.6) is 0 Å². The molecule has 0 amide bonds. The minimum absolute atomic E-state index is 0.170. The lowest BCUT2D eigenvalue weighted by molar-refractivity contribution is 0.580. The smallest absolute Gasteiger partial charge is 0.244 e. The van der Waals surface area contributed by atoms with Gasteiger partial charge in [-0.1, -0.05) is 0 Å². The van der Waals surface area contributed by atoms with Gasteiger partial charge in [-0.15, -0.1) is 0 Å². The Balaban J connectivity index is 2.16. The molecular weight excluding hydrogens is 254 g/mol. The molecule has 0 saturated carbocycles. The second kappa shape index (κ2) is 4.54. The summed E-state index contributed by atoms with van der Waals surface area (Å²) in [5, 5.41) is 10.5. The van der Waals surface area contributed by atoms with Gasteiger partial charge in [0, 0.05) is 25.4 Å². The number of hydrogen-bond acceptors (Lipinski definition) is 4. The number of aromatic amines is 1. The molecule has 0 radical (unpaired) electrons. The van der Waals surface area contributed by atoms with E-state index in [1.165, 1.54) is 6.20 Å². The van der Waals surface area contributed by atoms with E-state index in [4.69, 9.17) is 0 Å². The van der Waals surface area contributed by atoms with Crippen LogP contribution in [-0.2, 0) is 23.6 Å². The number of sulfonamides is 1. The summed E-state index contributed by atoms with van der Waals surface area (Å²) in [7, 11) is -1.74. The maximum Gasteiger partial charge on any atom is 0.244 e. The Morgan fingerprint density at radius 2 is 2.17 bits per heavy atom. The first-order valence-electron chi connectivity index (χ1n) is 5.39. The molecule has 0 unspecified atom stereocenters. The zero-order valence-electron chi connectivity index (χ0n) is 10.4. The molecule has 0 bridgehead atoms. The highest BCUT2D eigenvalue weighted by Gasteiger charge is 2.18. The fourth-order valence-corrected chi connectivity index (χ4v) is 2.82. The van der Waals surface area contributed by atoms with E-state index >= 15 is 0 Å². The normalized spacial score (nSPS) is 11.9. The van der Waals surface area contributed by atoms with Gasteiger partial charge in [-0.25, -0.2) is 13.1 Å². The van der Waals surface area contributed by atoms with Crippen LogP contribution in [0.15, 0.2) is 17.3 Å². The third-order valence-electron chi connectivity index (χ3n) is 2.64. The highest BCUT2D eigenvalue weighted by atomic mass is 32.2. The molecule has 2 heterocycles. The van der Waals surface area contributed by atoms with Crippen molar-refractivity contribution in [2.45, 2.75) is 25.3 Å². The van der Waals surface area contributed by atoms with Crippen molar-refractivity contribution >= 4 is 10.0 Å². The predicted molar refractivity (Wildman–Crippen MR) is 65.3 cm³/mol. The van der Waals surface area contributed by atoms with Gasteiger partial charge in [0.05, 0.1) is 17.6 Å². The summed E-state index contributed by atoms with van der Waals surface area (Å²) in [5.41, 5.74) is 2.18. The summed E-state index contributed by atoms with van der Waals surface area (Å²) >= 11 is 0. The van der Waals surface area contributed by atoms with E-state index in [9.17, 15) is 8.42 Å². The number of nitrogens with zero attached hydrogens (tertiary/aromatic N) is 3. The van der Waals surface area contributed by atoms with Gasteiger partial charge in [-0.3, -0.25) is 9.78 Å². The van der Waals surface area contributed by atoms with Gasteiger partial charge in [-0.2, -0.15) is 10.2 Å². The fourth-order valence-electron chi connectivity index (χ4n) is 1.68. The molecule has 2 rings (SSSR count). The van der Waals surface area contributed by atoms with E-state index < -0.39 is 10.0 Å². The van der Waals surface area contributed by atoms with Crippen molar-refractivity contribution in [2.24, 2.45) is 7.05 Å². The van der Waals surface area contributed by atoms with Crippen molar-refractivity contribution in [1.82, 2.24) is 24.7 Å². The van der Waals surface area contributed by atoms with Crippen LogP contribution < -0.4 is 4.72 Å². The van der Waals surface area contributed by atoms with Crippen molar-refractivity contribution in [3.05, 3.63) is 29.3 Å². The molecule has 98 valence electrons. The van der Waals surface area contributed by atoms with Crippen molar-refractivity contribution in [2.75, 3.05) is 0 Å². The Kier molecular flexibility index (Phi) is 3.22. The first-order chi connectivity index (χ1) is 8.40. The van der Waals surface area contributed by atoms with Crippen LogP contribution in [0, 0.1) is 13.8 Å². The molecule has 0 spiro atoms. The zero-order valence-corrected chi connectivity index (χ0v) is 11.2. The molecule has 0 aliphatic rings. The molecular formula is C10H15N5O2S. The maximum atomic E-state index is 12.0. The Hall–Kier alpha value is -1.67. The molecule has 0 aliphatic carbocycles. The van der Waals surface area contributed by atoms with Crippen molar-refractivity contribution < 1.29 is 8.42 Å². The monoisotopic (exact) mass is 269 g/mol. The van der Waals surface area contributed by atoms with Crippen molar-refractivity contribution in [1.29, 1.82) is 0 Å². The predicted octanol–water partition coefficient (Wildman–Crippen LogP) is 0.239. The maximum absolute atomic E-state index is 12.0. The molecule has 0 atom stereocenters. The summed E-state index contributed by atoms with van der Waals surface area (Å²) in [6, 6.07) is 0. The number of nitrogens with one attached hydrogen (secondary N) is 2. The number of rotatable bonds is 4. The molecule has 2 aromatic rings. The SMILES string of the molecule is Cc1nn(C)cc1CNS(=O)(=O)c1cn[nH]c1C. The lowest BCUT2D eigenvalue weighted by atomic mass is 10.3. The van der Waals surface area contributed by atoms with E-state index in [0.717, 1.165) is 11.3 Å². The van der Waals surface area contributed by atoms with Gasteiger partial charge in [0.15, 0.2) is 0 Å². The number of aryl methyl sites for hydroxylation is 3. The average Bonchev–Trinajstić information content (AvgIpc) is 2.82. The molecule has 7 nitrogen and oxygen atoms in total. The van der Waals surface area contributed by atoms with Gasteiger partial charge in [-0.05, 0) is 13.8 Å². The standard InChI is InChI=1S/C10H15N5O2S/c1-7-9(6-15(3)14-7)4-12-18(16,17)10-5-11-13-8(10)2/h5-6,12H,4H2,1-3H3,(H,11,13). The summed E-state index contributed by atoms with van der Waals surface area (Å²) in [5.74, 6) is 0. The molecule has 8 heteroatoms. The Bertz CT molecular complexity index is 656. The average molecular weight is 269 g/mol. The second-order valence-corrected chi connectivity index (χ2v) is 5.83. The van der Waals surface area contributed by atoms with Crippen LogP contribution in [0.4, 0.5) is 0 Å².